The number of guanidine groups is 1. The normalized spacial score (nSPS) is 11.5. The highest BCUT2D eigenvalue weighted by atomic mass is 127. The van der Waals surface area contributed by atoms with Crippen molar-refractivity contribution < 1.29 is 27.4 Å². The van der Waals surface area contributed by atoms with Crippen molar-refractivity contribution in [1.29, 1.82) is 0 Å². The number of rotatable bonds is 10. The standard InChI is InChI=1S/C20H25F3N4O3.HI/c1-3-24-19(26-13-15-7-4-5-9-17(15)30-20(21,22)23)27-14-16-8-6-10-25-18(16)29-12-11-28-2;/h4-10H,3,11-14H2,1-2H3,(H2,24,26,27);1H. The van der Waals surface area contributed by atoms with Crippen LogP contribution in [0.15, 0.2) is 47.6 Å². The third kappa shape index (κ3) is 10.0. The molecule has 0 aliphatic heterocycles. The van der Waals surface area contributed by atoms with Crippen molar-refractivity contribution in [2.45, 2.75) is 26.4 Å². The second-order valence-electron chi connectivity index (χ2n) is 6.01. The molecule has 2 aromatic rings. The Labute approximate surface area is 196 Å². The number of aliphatic imine (C=N–C) groups is 1. The number of methoxy groups -OCH3 is 1. The lowest BCUT2D eigenvalue weighted by Gasteiger charge is -2.15. The van der Waals surface area contributed by atoms with E-state index in [4.69, 9.17) is 9.47 Å². The van der Waals surface area contributed by atoms with Gasteiger partial charge in [0.2, 0.25) is 5.88 Å². The fourth-order valence-electron chi connectivity index (χ4n) is 2.46. The first kappa shape index (κ1) is 26.8. The molecule has 1 aromatic heterocycles. The van der Waals surface area contributed by atoms with Gasteiger partial charge in [0.15, 0.2) is 5.96 Å². The van der Waals surface area contributed by atoms with Crippen LogP contribution in [-0.2, 0) is 17.8 Å². The maximum absolute atomic E-state index is 12.6. The van der Waals surface area contributed by atoms with E-state index in [2.05, 4.69) is 25.3 Å². The van der Waals surface area contributed by atoms with Gasteiger partial charge in [0.1, 0.15) is 12.4 Å². The number of ether oxygens (including phenoxy) is 3. The number of benzene rings is 1. The summed E-state index contributed by atoms with van der Waals surface area (Å²) in [6.45, 7) is 3.63. The summed E-state index contributed by atoms with van der Waals surface area (Å²) in [6.07, 6.45) is -3.13. The second kappa shape index (κ2) is 13.9. The Morgan fingerprint density at radius 3 is 2.52 bits per heavy atom. The number of para-hydroxylation sites is 1. The molecule has 0 saturated carbocycles. The highest BCUT2D eigenvalue weighted by Gasteiger charge is 2.31. The highest BCUT2D eigenvalue weighted by molar-refractivity contribution is 14.0. The van der Waals surface area contributed by atoms with Crippen LogP contribution in [-0.4, -0.2) is 44.2 Å². The van der Waals surface area contributed by atoms with Gasteiger partial charge >= 0.3 is 6.36 Å². The van der Waals surface area contributed by atoms with Gasteiger partial charge in [-0.15, -0.1) is 37.1 Å². The monoisotopic (exact) mass is 554 g/mol. The summed E-state index contributed by atoms with van der Waals surface area (Å²) >= 11 is 0. The summed E-state index contributed by atoms with van der Waals surface area (Å²) in [4.78, 5) is 8.67. The van der Waals surface area contributed by atoms with Gasteiger partial charge < -0.3 is 24.8 Å². The quantitative estimate of drug-likeness (QED) is 0.201. The van der Waals surface area contributed by atoms with Crippen LogP contribution in [0.25, 0.3) is 0 Å². The first-order valence-corrected chi connectivity index (χ1v) is 9.34. The van der Waals surface area contributed by atoms with Crippen molar-refractivity contribution in [3.8, 4) is 11.6 Å². The molecule has 0 aliphatic carbocycles. The maximum Gasteiger partial charge on any atom is 0.573 e. The molecule has 0 radical (unpaired) electrons. The number of halogens is 4. The zero-order valence-electron chi connectivity index (χ0n) is 17.2. The van der Waals surface area contributed by atoms with Crippen molar-refractivity contribution >= 4 is 29.9 Å². The van der Waals surface area contributed by atoms with Gasteiger partial charge in [-0.1, -0.05) is 24.3 Å². The Morgan fingerprint density at radius 1 is 1.06 bits per heavy atom. The van der Waals surface area contributed by atoms with Gasteiger partial charge in [-0.05, 0) is 19.1 Å². The van der Waals surface area contributed by atoms with Crippen LogP contribution in [0.1, 0.15) is 18.1 Å². The van der Waals surface area contributed by atoms with E-state index < -0.39 is 6.36 Å². The average Bonchev–Trinajstić information content (AvgIpc) is 2.71. The summed E-state index contributed by atoms with van der Waals surface area (Å²) in [5.74, 6) is 0.638. The van der Waals surface area contributed by atoms with Crippen molar-refractivity contribution in [1.82, 2.24) is 15.6 Å². The molecule has 2 N–H and O–H groups in total. The van der Waals surface area contributed by atoms with E-state index in [1.807, 2.05) is 13.0 Å². The third-order valence-corrected chi connectivity index (χ3v) is 3.77. The molecule has 0 bridgehead atoms. The molecule has 1 heterocycles. The summed E-state index contributed by atoms with van der Waals surface area (Å²) in [5, 5.41) is 6.07. The SMILES string of the molecule is CCNC(=NCc1cccnc1OCCOC)NCc1ccccc1OC(F)(F)F.I. The van der Waals surface area contributed by atoms with E-state index in [9.17, 15) is 13.2 Å². The van der Waals surface area contributed by atoms with Crippen molar-refractivity contribution in [3.63, 3.8) is 0 Å². The number of aromatic nitrogens is 1. The Bertz CT molecular complexity index is 822. The largest absolute Gasteiger partial charge is 0.573 e. The number of nitrogens with one attached hydrogen (secondary N) is 2. The minimum absolute atomic E-state index is 0. The molecule has 0 aliphatic rings. The Balaban J connectivity index is 0.00000480. The van der Waals surface area contributed by atoms with Gasteiger partial charge in [-0.25, -0.2) is 9.98 Å². The topological polar surface area (TPSA) is 77.0 Å². The molecule has 0 fully saturated rings. The molecule has 1 aromatic carbocycles. The summed E-state index contributed by atoms with van der Waals surface area (Å²) in [7, 11) is 1.58. The first-order valence-electron chi connectivity index (χ1n) is 9.34. The van der Waals surface area contributed by atoms with Crippen LogP contribution < -0.4 is 20.1 Å². The van der Waals surface area contributed by atoms with E-state index in [1.54, 1.807) is 31.5 Å². The Morgan fingerprint density at radius 2 is 1.81 bits per heavy atom. The second-order valence-corrected chi connectivity index (χ2v) is 6.01. The molecular formula is C20H26F3IN4O3. The zero-order valence-corrected chi connectivity index (χ0v) is 19.6. The number of nitrogens with zero attached hydrogens (tertiary/aromatic N) is 2. The lowest BCUT2D eigenvalue weighted by atomic mass is 10.2. The van der Waals surface area contributed by atoms with Crippen LogP contribution in [0.2, 0.25) is 0 Å². The molecule has 31 heavy (non-hydrogen) atoms. The summed E-state index contributed by atoms with van der Waals surface area (Å²) < 4.78 is 52.4. The molecule has 0 unspecified atom stereocenters. The van der Waals surface area contributed by atoms with Gasteiger partial charge in [0.05, 0.1) is 13.2 Å². The molecule has 11 heteroatoms. The van der Waals surface area contributed by atoms with E-state index in [-0.39, 0.29) is 42.8 Å². The van der Waals surface area contributed by atoms with Crippen molar-refractivity contribution in [2.24, 2.45) is 4.99 Å². The summed E-state index contributed by atoms with van der Waals surface area (Å²) in [5.41, 5.74) is 1.12. The van der Waals surface area contributed by atoms with E-state index >= 15 is 0 Å². The molecule has 0 amide bonds. The summed E-state index contributed by atoms with van der Waals surface area (Å²) in [6, 6.07) is 9.57. The smallest absolute Gasteiger partial charge is 0.475 e. The van der Waals surface area contributed by atoms with Crippen LogP contribution >= 0.6 is 24.0 Å². The van der Waals surface area contributed by atoms with E-state index in [1.165, 1.54) is 12.1 Å². The lowest BCUT2D eigenvalue weighted by molar-refractivity contribution is -0.274. The molecule has 0 spiro atoms. The molecule has 0 saturated heterocycles. The molecule has 2 rings (SSSR count). The Kier molecular flexibility index (Phi) is 12.0. The fourth-order valence-corrected chi connectivity index (χ4v) is 2.46. The van der Waals surface area contributed by atoms with Crippen molar-refractivity contribution in [2.75, 3.05) is 26.9 Å². The minimum Gasteiger partial charge on any atom is -0.475 e. The number of alkyl halides is 3. The van der Waals surface area contributed by atoms with Crippen LogP contribution in [0.4, 0.5) is 13.2 Å². The maximum atomic E-state index is 12.6. The zero-order chi connectivity index (χ0) is 21.8. The third-order valence-electron chi connectivity index (χ3n) is 3.77. The van der Waals surface area contributed by atoms with Gasteiger partial charge in [-0.2, -0.15) is 0 Å². The van der Waals surface area contributed by atoms with E-state index in [0.717, 1.165) is 5.56 Å². The van der Waals surface area contributed by atoms with Gasteiger partial charge in [0.25, 0.3) is 0 Å². The number of hydrogen-bond donors (Lipinski definition) is 2. The minimum atomic E-state index is -4.76. The number of pyridine rings is 1. The molecule has 0 atom stereocenters. The first-order chi connectivity index (χ1) is 14.4. The van der Waals surface area contributed by atoms with Gasteiger partial charge in [-0.3, -0.25) is 0 Å². The van der Waals surface area contributed by atoms with Crippen LogP contribution in [0, 0.1) is 0 Å². The highest BCUT2D eigenvalue weighted by Crippen LogP contribution is 2.26. The molecule has 7 nitrogen and oxygen atoms in total. The average molecular weight is 554 g/mol. The van der Waals surface area contributed by atoms with Crippen LogP contribution in [0.3, 0.4) is 0 Å². The van der Waals surface area contributed by atoms with Crippen molar-refractivity contribution in [3.05, 3.63) is 53.7 Å². The Hall–Kier alpha value is -2.28. The fraction of sp³-hybridized carbons (Fsp3) is 0.400. The van der Waals surface area contributed by atoms with E-state index in [0.29, 0.717) is 37.2 Å². The molecule has 172 valence electrons. The number of hydrogen-bond acceptors (Lipinski definition) is 5. The van der Waals surface area contributed by atoms with Gasteiger partial charge in [0, 0.05) is 37.5 Å². The lowest BCUT2D eigenvalue weighted by Crippen LogP contribution is -2.37. The van der Waals surface area contributed by atoms with Crippen LogP contribution in [0.5, 0.6) is 11.6 Å². The molecular weight excluding hydrogens is 528 g/mol. The predicted octanol–water partition coefficient (Wildman–Crippen LogP) is 3.88. The predicted molar refractivity (Wildman–Crippen MR) is 122 cm³/mol.